The molecule has 0 aromatic heterocycles. The lowest BCUT2D eigenvalue weighted by Gasteiger charge is -2.33. The minimum Gasteiger partial charge on any atom is -0.478 e. The summed E-state index contributed by atoms with van der Waals surface area (Å²) in [6.07, 6.45) is 11.2. The Morgan fingerprint density at radius 1 is 0.844 bits per heavy atom. The third-order valence-corrected chi connectivity index (χ3v) is 7.68. The average molecular weight is 559 g/mol. The number of nitrogens with one attached hydrogen (secondary N) is 1. The van der Waals surface area contributed by atoms with Gasteiger partial charge in [-0.1, -0.05) is 32.1 Å². The van der Waals surface area contributed by atoms with Crippen LogP contribution in [0.1, 0.15) is 96.1 Å². The Balaban J connectivity index is 1.85. The van der Waals surface area contributed by atoms with Crippen molar-refractivity contribution in [2.75, 3.05) is 11.9 Å². The number of anilines is 1. The fourth-order valence-electron chi connectivity index (χ4n) is 4.91. The molecule has 2 aliphatic heterocycles. The monoisotopic (exact) mass is 559 g/mol. The summed E-state index contributed by atoms with van der Waals surface area (Å²) in [7, 11) is 0. The molecule has 3 aliphatic rings. The Kier molecular flexibility index (Phi) is 9.19. The zero-order chi connectivity index (χ0) is 23.3. The zero-order valence-corrected chi connectivity index (χ0v) is 21.1. The molecule has 8 heteroatoms. The van der Waals surface area contributed by atoms with E-state index in [0.29, 0.717) is 23.4 Å². The maximum absolute atomic E-state index is 11.9. The van der Waals surface area contributed by atoms with Gasteiger partial charge < -0.3 is 25.0 Å². The molecule has 7 nitrogen and oxygen atoms in total. The van der Waals surface area contributed by atoms with E-state index in [-0.39, 0.29) is 26.9 Å². The van der Waals surface area contributed by atoms with E-state index in [2.05, 4.69) is 5.32 Å². The number of halogens is 1. The molecule has 1 saturated carbocycles. The van der Waals surface area contributed by atoms with Crippen LogP contribution in [-0.2, 0) is 9.47 Å². The van der Waals surface area contributed by atoms with Crippen molar-refractivity contribution in [3.8, 4) is 0 Å². The van der Waals surface area contributed by atoms with Crippen molar-refractivity contribution < 1.29 is 29.3 Å². The first kappa shape index (κ1) is 25.2. The molecule has 0 amide bonds. The van der Waals surface area contributed by atoms with Gasteiger partial charge in [-0.3, -0.25) is 0 Å². The molecular weight excluding hydrogens is 525 g/mol. The summed E-state index contributed by atoms with van der Waals surface area (Å²) in [6, 6.07) is 0. The minimum absolute atomic E-state index is 0.0218. The number of carbonyl (C=O) groups is 2. The molecule has 0 spiro atoms. The lowest BCUT2D eigenvalue weighted by Crippen LogP contribution is -2.37. The lowest BCUT2D eigenvalue weighted by atomic mass is 9.96. The number of ether oxygens (including phenoxy) is 2. The summed E-state index contributed by atoms with van der Waals surface area (Å²) >= 11 is 1.81. The third-order valence-electron chi connectivity index (χ3n) is 6.61. The minimum atomic E-state index is -1.13. The van der Waals surface area contributed by atoms with E-state index in [9.17, 15) is 19.8 Å². The number of hydrogen-bond donors (Lipinski definition) is 3. The molecule has 1 aromatic carbocycles. The predicted molar refractivity (Wildman–Crippen MR) is 131 cm³/mol. The molecule has 2 atom stereocenters. The molecular formula is C24H34INO6. The summed E-state index contributed by atoms with van der Waals surface area (Å²) < 4.78 is 13.0. The van der Waals surface area contributed by atoms with E-state index in [0.717, 1.165) is 44.9 Å². The second-order valence-electron chi connectivity index (χ2n) is 8.90. The smallest absolute Gasteiger partial charge is 0.337 e. The molecule has 3 fully saturated rings. The van der Waals surface area contributed by atoms with E-state index in [1.54, 1.807) is 13.8 Å². The van der Waals surface area contributed by atoms with Gasteiger partial charge in [-0.15, -0.1) is 0 Å². The van der Waals surface area contributed by atoms with Gasteiger partial charge in [0.2, 0.25) is 0 Å². The Morgan fingerprint density at radius 2 is 1.28 bits per heavy atom. The van der Waals surface area contributed by atoms with Gasteiger partial charge in [0.05, 0.1) is 29.9 Å². The molecule has 2 heterocycles. The third kappa shape index (κ3) is 6.14. The van der Waals surface area contributed by atoms with Crippen molar-refractivity contribution in [2.24, 2.45) is 0 Å². The fraction of sp³-hybridized carbons (Fsp3) is 0.667. The van der Waals surface area contributed by atoms with Gasteiger partial charge in [-0.25, -0.2) is 9.59 Å². The second-order valence-corrected chi connectivity index (χ2v) is 9.98. The maximum atomic E-state index is 11.9. The van der Waals surface area contributed by atoms with Crippen LogP contribution >= 0.6 is 22.6 Å². The van der Waals surface area contributed by atoms with Gasteiger partial charge in [0.1, 0.15) is 0 Å². The Hall–Kier alpha value is -1.39. The summed E-state index contributed by atoms with van der Waals surface area (Å²) in [5, 5.41) is 22.7. The number of rotatable bonds is 5. The topological polar surface area (TPSA) is 105 Å². The fourth-order valence-corrected chi connectivity index (χ4v) is 6.18. The van der Waals surface area contributed by atoms with Crippen LogP contribution in [0.15, 0.2) is 0 Å². The number of aromatic carboxylic acids is 2. The number of hydrogen-bond acceptors (Lipinski definition) is 5. The predicted octanol–water partition coefficient (Wildman–Crippen LogP) is 5.74. The van der Waals surface area contributed by atoms with E-state index < -0.39 is 18.2 Å². The number of carboxylic acid groups (broad SMARTS) is 2. The van der Waals surface area contributed by atoms with Crippen molar-refractivity contribution in [3.05, 3.63) is 25.8 Å². The highest BCUT2D eigenvalue weighted by atomic mass is 127. The molecule has 4 rings (SSSR count). The molecule has 1 aromatic rings. The van der Waals surface area contributed by atoms with Gasteiger partial charge in [0, 0.05) is 9.26 Å². The van der Waals surface area contributed by atoms with Crippen molar-refractivity contribution in [3.63, 3.8) is 0 Å². The molecule has 32 heavy (non-hydrogen) atoms. The van der Waals surface area contributed by atoms with Crippen LogP contribution in [0.3, 0.4) is 0 Å². The molecule has 2 saturated heterocycles. The maximum Gasteiger partial charge on any atom is 0.337 e. The van der Waals surface area contributed by atoms with Crippen molar-refractivity contribution in [1.29, 1.82) is 0 Å². The van der Waals surface area contributed by atoms with Crippen LogP contribution < -0.4 is 5.32 Å². The Bertz CT molecular complexity index is 779. The standard InChI is InChI=1S/C24H34INO6/c1-14-19(23(27)28)21(25)20(24(29)30)15(2)22(14)26-13-18-31-16-9-6-4-3-5-7-10-17(32-18)12-8-11-16/h16-18,26H,3-13H2,1-2H3,(H,27,28)(H,29,30). The van der Waals surface area contributed by atoms with E-state index >= 15 is 0 Å². The summed E-state index contributed by atoms with van der Waals surface area (Å²) in [4.78, 5) is 23.7. The van der Waals surface area contributed by atoms with Gasteiger partial charge in [0.25, 0.3) is 0 Å². The van der Waals surface area contributed by atoms with Crippen molar-refractivity contribution in [2.45, 2.75) is 96.6 Å². The first-order valence-electron chi connectivity index (χ1n) is 11.6. The number of carboxylic acids is 2. The summed E-state index contributed by atoms with van der Waals surface area (Å²) in [6.45, 7) is 3.77. The lowest BCUT2D eigenvalue weighted by molar-refractivity contribution is -0.202. The normalized spacial score (nSPS) is 24.8. The van der Waals surface area contributed by atoms with E-state index in [4.69, 9.17) is 9.47 Å². The highest BCUT2D eigenvalue weighted by Gasteiger charge is 2.28. The largest absolute Gasteiger partial charge is 0.478 e. The van der Waals surface area contributed by atoms with Crippen molar-refractivity contribution in [1.82, 2.24) is 0 Å². The van der Waals surface area contributed by atoms with Gasteiger partial charge in [-0.2, -0.15) is 0 Å². The average Bonchev–Trinajstić information content (AvgIpc) is 2.67. The van der Waals surface area contributed by atoms with Crippen LogP contribution in [0.4, 0.5) is 5.69 Å². The molecule has 2 bridgehead atoms. The van der Waals surface area contributed by atoms with Gasteiger partial charge in [-0.05, 0) is 79.7 Å². The summed E-state index contributed by atoms with van der Waals surface area (Å²) in [5.41, 5.74) is 1.63. The molecule has 3 N–H and O–H groups in total. The van der Waals surface area contributed by atoms with Crippen LogP contribution in [0, 0.1) is 17.4 Å². The highest BCUT2D eigenvalue weighted by Crippen LogP contribution is 2.33. The Labute approximate surface area is 203 Å². The first-order chi connectivity index (χ1) is 15.3. The molecule has 1 aliphatic carbocycles. The van der Waals surface area contributed by atoms with E-state index in [1.165, 1.54) is 19.3 Å². The number of fused-ring (bicyclic) bond motifs is 10. The summed E-state index contributed by atoms with van der Waals surface area (Å²) in [5.74, 6) is -2.27. The quantitative estimate of drug-likeness (QED) is 0.395. The first-order valence-corrected chi connectivity index (χ1v) is 12.7. The SMILES string of the molecule is Cc1c(NCC2OC3CCCCCCCC(CCC3)O2)c(C)c(C(=O)O)c(I)c1C(=O)O. The van der Waals surface area contributed by atoms with E-state index in [1.807, 2.05) is 22.6 Å². The molecule has 2 unspecified atom stereocenters. The van der Waals surface area contributed by atoms with Crippen LogP contribution in [0.5, 0.6) is 0 Å². The number of benzene rings is 1. The second kappa shape index (κ2) is 11.7. The van der Waals surface area contributed by atoms with Crippen LogP contribution in [0.25, 0.3) is 0 Å². The van der Waals surface area contributed by atoms with Crippen LogP contribution in [-0.4, -0.2) is 47.2 Å². The van der Waals surface area contributed by atoms with Gasteiger partial charge >= 0.3 is 11.9 Å². The molecule has 178 valence electrons. The van der Waals surface area contributed by atoms with Crippen molar-refractivity contribution >= 4 is 40.2 Å². The highest BCUT2D eigenvalue weighted by molar-refractivity contribution is 14.1. The zero-order valence-electron chi connectivity index (χ0n) is 18.9. The van der Waals surface area contributed by atoms with Crippen LogP contribution in [0.2, 0.25) is 0 Å². The Morgan fingerprint density at radius 3 is 1.75 bits per heavy atom. The molecule has 0 radical (unpaired) electrons. The van der Waals surface area contributed by atoms with Gasteiger partial charge in [0.15, 0.2) is 6.29 Å².